The van der Waals surface area contributed by atoms with E-state index in [0.717, 1.165) is 32.9 Å². The first-order valence-electron chi connectivity index (χ1n) is 8.01. The van der Waals surface area contributed by atoms with Crippen LogP contribution in [0.3, 0.4) is 0 Å². The van der Waals surface area contributed by atoms with Gasteiger partial charge in [-0.2, -0.15) is 0 Å². The summed E-state index contributed by atoms with van der Waals surface area (Å²) >= 11 is 6.21. The van der Waals surface area contributed by atoms with Crippen molar-refractivity contribution < 1.29 is 9.53 Å². The fraction of sp³-hybridized carbons (Fsp3) is 0.100. The van der Waals surface area contributed by atoms with Gasteiger partial charge in [-0.05, 0) is 30.7 Å². The molecule has 0 aliphatic heterocycles. The Kier molecular flexibility index (Phi) is 3.90. The number of esters is 1. The molecule has 0 spiro atoms. The zero-order valence-electron chi connectivity index (χ0n) is 13.5. The first kappa shape index (κ1) is 15.7. The second kappa shape index (κ2) is 6.22. The van der Waals surface area contributed by atoms with Crippen molar-refractivity contribution in [3.05, 3.63) is 65.4 Å². The van der Waals surface area contributed by atoms with E-state index in [4.69, 9.17) is 16.3 Å². The van der Waals surface area contributed by atoms with Gasteiger partial charge in [-0.15, -0.1) is 0 Å². The molecule has 0 radical (unpaired) electrons. The molecule has 0 aliphatic rings. The lowest BCUT2D eigenvalue weighted by Gasteiger charge is -2.10. The second-order valence-electron chi connectivity index (χ2n) is 5.67. The van der Waals surface area contributed by atoms with Gasteiger partial charge in [-0.3, -0.25) is 0 Å². The maximum Gasteiger partial charge on any atom is 0.357 e. The van der Waals surface area contributed by atoms with Gasteiger partial charge in [0.25, 0.3) is 0 Å². The minimum absolute atomic E-state index is 0.298. The molecular weight excluding hydrogens is 336 g/mol. The van der Waals surface area contributed by atoms with Crippen LogP contribution in [-0.2, 0) is 4.74 Å². The van der Waals surface area contributed by atoms with Gasteiger partial charge in [0.15, 0.2) is 5.69 Å². The maximum atomic E-state index is 12.5. The molecular formula is C20H15ClN2O2. The molecule has 0 saturated heterocycles. The van der Waals surface area contributed by atoms with Gasteiger partial charge >= 0.3 is 5.97 Å². The summed E-state index contributed by atoms with van der Waals surface area (Å²) in [5.74, 6) is -0.431. The highest BCUT2D eigenvalue weighted by Crippen LogP contribution is 2.37. The van der Waals surface area contributed by atoms with Gasteiger partial charge < -0.3 is 9.72 Å². The molecule has 2 heterocycles. The highest BCUT2D eigenvalue weighted by molar-refractivity contribution is 6.32. The smallest absolute Gasteiger partial charge is 0.357 e. The van der Waals surface area contributed by atoms with E-state index in [-0.39, 0.29) is 0 Å². The van der Waals surface area contributed by atoms with Crippen molar-refractivity contribution in [2.24, 2.45) is 0 Å². The zero-order valence-corrected chi connectivity index (χ0v) is 14.3. The number of hydrogen-bond acceptors (Lipinski definition) is 3. The number of rotatable bonds is 3. The summed E-state index contributed by atoms with van der Waals surface area (Å²) in [6.45, 7) is 2.08. The topological polar surface area (TPSA) is 55.0 Å². The molecule has 1 N–H and O–H groups in total. The van der Waals surface area contributed by atoms with Gasteiger partial charge in [0.2, 0.25) is 0 Å². The summed E-state index contributed by atoms with van der Waals surface area (Å²) in [4.78, 5) is 20.2. The number of ether oxygens (including phenoxy) is 1. The number of carbonyl (C=O) groups is 1. The Labute approximate surface area is 149 Å². The summed E-state index contributed by atoms with van der Waals surface area (Å²) in [6.07, 6.45) is 1.67. The lowest BCUT2D eigenvalue weighted by Crippen LogP contribution is -2.09. The molecule has 4 nitrogen and oxygen atoms in total. The van der Waals surface area contributed by atoms with E-state index >= 15 is 0 Å². The molecule has 5 heteroatoms. The minimum atomic E-state index is -0.431. The number of pyridine rings is 1. The SMILES string of the molecule is CCOC(=O)c1ncc2[nH]c3ccc(Cl)cc3c2c1-c1ccccc1. The molecule has 4 rings (SSSR count). The van der Waals surface area contributed by atoms with Crippen LogP contribution in [0.15, 0.2) is 54.7 Å². The third-order valence-electron chi connectivity index (χ3n) is 4.13. The van der Waals surface area contributed by atoms with Crippen molar-refractivity contribution in [1.29, 1.82) is 0 Å². The molecule has 0 fully saturated rings. The summed E-state index contributed by atoms with van der Waals surface area (Å²) in [6, 6.07) is 15.4. The average molecular weight is 351 g/mol. The number of fused-ring (bicyclic) bond motifs is 3. The van der Waals surface area contributed by atoms with Crippen molar-refractivity contribution >= 4 is 39.4 Å². The van der Waals surface area contributed by atoms with Crippen LogP contribution in [0.1, 0.15) is 17.4 Å². The predicted octanol–water partition coefficient (Wildman–Crippen LogP) is 5.21. The lowest BCUT2D eigenvalue weighted by molar-refractivity contribution is 0.0520. The number of aromatic nitrogens is 2. The predicted molar refractivity (Wildman–Crippen MR) is 100 cm³/mol. The van der Waals surface area contributed by atoms with E-state index in [1.165, 1.54) is 0 Å². The number of halogens is 1. The minimum Gasteiger partial charge on any atom is -0.461 e. The van der Waals surface area contributed by atoms with E-state index in [9.17, 15) is 4.79 Å². The first-order valence-corrected chi connectivity index (χ1v) is 8.39. The Balaban J connectivity index is 2.14. The maximum absolute atomic E-state index is 12.5. The number of hydrogen-bond donors (Lipinski definition) is 1. The Morgan fingerprint density at radius 2 is 1.96 bits per heavy atom. The largest absolute Gasteiger partial charge is 0.461 e. The van der Waals surface area contributed by atoms with Crippen LogP contribution in [0.2, 0.25) is 5.02 Å². The van der Waals surface area contributed by atoms with E-state index in [2.05, 4.69) is 9.97 Å². The van der Waals surface area contributed by atoms with Crippen LogP contribution in [0.25, 0.3) is 32.9 Å². The highest BCUT2D eigenvalue weighted by Gasteiger charge is 2.21. The summed E-state index contributed by atoms with van der Waals surface area (Å²) in [5, 5.41) is 2.51. The van der Waals surface area contributed by atoms with E-state index in [0.29, 0.717) is 17.3 Å². The van der Waals surface area contributed by atoms with Crippen molar-refractivity contribution in [3.8, 4) is 11.1 Å². The van der Waals surface area contributed by atoms with E-state index < -0.39 is 5.97 Å². The summed E-state index contributed by atoms with van der Waals surface area (Å²) in [7, 11) is 0. The fourth-order valence-corrected chi connectivity index (χ4v) is 3.28. The molecule has 4 aromatic rings. The Morgan fingerprint density at radius 1 is 1.16 bits per heavy atom. The Morgan fingerprint density at radius 3 is 2.72 bits per heavy atom. The van der Waals surface area contributed by atoms with Gasteiger partial charge in [-0.25, -0.2) is 9.78 Å². The van der Waals surface area contributed by atoms with Gasteiger partial charge in [0.1, 0.15) is 0 Å². The molecule has 2 aromatic heterocycles. The van der Waals surface area contributed by atoms with Crippen LogP contribution < -0.4 is 0 Å². The molecule has 0 atom stereocenters. The lowest BCUT2D eigenvalue weighted by atomic mass is 9.98. The number of H-pyrrole nitrogens is 1. The summed E-state index contributed by atoms with van der Waals surface area (Å²) in [5.41, 5.74) is 3.76. The third kappa shape index (κ3) is 2.65. The number of nitrogens with one attached hydrogen (secondary N) is 1. The van der Waals surface area contributed by atoms with Crippen LogP contribution in [0.4, 0.5) is 0 Å². The molecule has 0 amide bonds. The summed E-state index contributed by atoms with van der Waals surface area (Å²) < 4.78 is 5.21. The van der Waals surface area contributed by atoms with Crippen molar-refractivity contribution in [3.63, 3.8) is 0 Å². The average Bonchev–Trinajstić information content (AvgIpc) is 2.99. The zero-order chi connectivity index (χ0) is 17.4. The monoisotopic (exact) mass is 350 g/mol. The van der Waals surface area contributed by atoms with Crippen LogP contribution in [-0.4, -0.2) is 22.5 Å². The molecule has 25 heavy (non-hydrogen) atoms. The standard InChI is InChI=1S/C20H15ClN2O2/c1-2-25-20(24)19-17(12-6-4-3-5-7-12)18-14-10-13(21)8-9-15(14)23-16(18)11-22-19/h3-11,23H,2H2,1H3. The highest BCUT2D eigenvalue weighted by atomic mass is 35.5. The molecule has 2 aromatic carbocycles. The molecule has 0 saturated carbocycles. The van der Waals surface area contributed by atoms with E-state index in [1.54, 1.807) is 13.1 Å². The van der Waals surface area contributed by atoms with Crippen molar-refractivity contribution in [2.75, 3.05) is 6.61 Å². The van der Waals surface area contributed by atoms with Crippen LogP contribution >= 0.6 is 11.6 Å². The van der Waals surface area contributed by atoms with Gasteiger partial charge in [0.05, 0.1) is 18.3 Å². The van der Waals surface area contributed by atoms with Crippen molar-refractivity contribution in [1.82, 2.24) is 9.97 Å². The number of nitrogens with zero attached hydrogens (tertiary/aromatic N) is 1. The van der Waals surface area contributed by atoms with E-state index in [1.807, 2.05) is 48.5 Å². The quantitative estimate of drug-likeness (QED) is 0.516. The van der Waals surface area contributed by atoms with Crippen molar-refractivity contribution in [2.45, 2.75) is 6.92 Å². The number of aromatic amines is 1. The molecule has 0 aliphatic carbocycles. The van der Waals surface area contributed by atoms with Crippen LogP contribution in [0.5, 0.6) is 0 Å². The first-order chi connectivity index (χ1) is 12.2. The third-order valence-corrected chi connectivity index (χ3v) is 4.37. The van der Waals surface area contributed by atoms with Gasteiger partial charge in [0, 0.05) is 26.9 Å². The number of carbonyl (C=O) groups excluding carboxylic acids is 1. The Hall–Kier alpha value is -2.85. The molecule has 124 valence electrons. The van der Waals surface area contributed by atoms with Crippen LogP contribution in [0, 0.1) is 0 Å². The Bertz CT molecular complexity index is 1090. The normalized spacial score (nSPS) is 11.1. The molecule has 0 bridgehead atoms. The number of benzene rings is 2. The molecule has 0 unspecified atom stereocenters. The second-order valence-corrected chi connectivity index (χ2v) is 6.11. The fourth-order valence-electron chi connectivity index (χ4n) is 3.10. The van der Waals surface area contributed by atoms with Gasteiger partial charge in [-0.1, -0.05) is 41.9 Å².